The van der Waals surface area contributed by atoms with E-state index in [0.717, 1.165) is 23.7 Å². The molecule has 0 spiro atoms. The van der Waals surface area contributed by atoms with Crippen molar-refractivity contribution in [2.45, 2.75) is 32.9 Å². The Morgan fingerprint density at radius 2 is 2.00 bits per heavy atom. The van der Waals surface area contributed by atoms with Gasteiger partial charge in [-0.05, 0) is 31.5 Å². The van der Waals surface area contributed by atoms with Gasteiger partial charge in [-0.25, -0.2) is 9.97 Å². The second-order valence-corrected chi connectivity index (χ2v) is 4.38. The summed E-state index contributed by atoms with van der Waals surface area (Å²) >= 11 is 0. The first-order valence-corrected chi connectivity index (χ1v) is 6.54. The van der Waals surface area contributed by atoms with Gasteiger partial charge in [0.15, 0.2) is 0 Å². The third-order valence-corrected chi connectivity index (χ3v) is 2.82. The van der Waals surface area contributed by atoms with Gasteiger partial charge in [-0.15, -0.1) is 0 Å². The summed E-state index contributed by atoms with van der Waals surface area (Å²) in [5, 5.41) is 3.29. The van der Waals surface area contributed by atoms with Crippen LogP contribution in [0.15, 0.2) is 42.7 Å². The third-order valence-electron chi connectivity index (χ3n) is 2.82. The molecule has 0 aliphatic heterocycles. The monoisotopic (exact) mass is 257 g/mol. The Kier molecular flexibility index (Phi) is 4.72. The molecule has 100 valence electrons. The summed E-state index contributed by atoms with van der Waals surface area (Å²) in [5.74, 6) is 1.66. The molecular formula is C15H19N3O. The van der Waals surface area contributed by atoms with Crippen molar-refractivity contribution in [1.29, 1.82) is 0 Å². The molecule has 0 radical (unpaired) electrons. The highest BCUT2D eigenvalue weighted by Crippen LogP contribution is 2.19. The molecule has 1 heterocycles. The fourth-order valence-corrected chi connectivity index (χ4v) is 1.60. The van der Waals surface area contributed by atoms with E-state index in [9.17, 15) is 0 Å². The lowest BCUT2D eigenvalue weighted by Crippen LogP contribution is -2.10. The van der Waals surface area contributed by atoms with Crippen LogP contribution in [0, 0.1) is 0 Å². The van der Waals surface area contributed by atoms with Gasteiger partial charge in [-0.3, -0.25) is 0 Å². The van der Waals surface area contributed by atoms with E-state index in [2.05, 4.69) is 29.1 Å². The minimum absolute atomic E-state index is 0.229. The van der Waals surface area contributed by atoms with E-state index in [0.29, 0.717) is 6.54 Å². The molecule has 0 saturated carbocycles. The highest BCUT2D eigenvalue weighted by atomic mass is 16.5. The molecule has 0 bridgehead atoms. The van der Waals surface area contributed by atoms with Crippen molar-refractivity contribution in [2.24, 2.45) is 0 Å². The number of rotatable bonds is 6. The van der Waals surface area contributed by atoms with E-state index in [1.54, 1.807) is 12.4 Å². The third kappa shape index (κ3) is 4.25. The number of anilines is 1. The first-order valence-electron chi connectivity index (χ1n) is 6.54. The first kappa shape index (κ1) is 13.3. The fourth-order valence-electron chi connectivity index (χ4n) is 1.60. The van der Waals surface area contributed by atoms with Crippen molar-refractivity contribution < 1.29 is 4.74 Å². The number of nitrogens with one attached hydrogen (secondary N) is 1. The van der Waals surface area contributed by atoms with Crippen LogP contribution < -0.4 is 10.1 Å². The lowest BCUT2D eigenvalue weighted by molar-refractivity contribution is 0.217. The molecular weight excluding hydrogens is 238 g/mol. The van der Waals surface area contributed by atoms with E-state index in [1.165, 1.54) is 0 Å². The maximum Gasteiger partial charge on any atom is 0.147 e. The molecule has 1 N–H and O–H groups in total. The van der Waals surface area contributed by atoms with Crippen LogP contribution in [0.2, 0.25) is 0 Å². The van der Waals surface area contributed by atoms with Crippen LogP contribution in [0.5, 0.6) is 5.75 Å². The molecule has 2 aromatic rings. The quantitative estimate of drug-likeness (QED) is 0.862. The summed E-state index contributed by atoms with van der Waals surface area (Å²) in [7, 11) is 0. The summed E-state index contributed by atoms with van der Waals surface area (Å²) in [6.45, 7) is 4.78. The Balaban J connectivity index is 1.95. The molecule has 1 atom stereocenters. The molecule has 19 heavy (non-hydrogen) atoms. The molecule has 4 nitrogen and oxygen atoms in total. The lowest BCUT2D eigenvalue weighted by atomic mass is 10.2. The van der Waals surface area contributed by atoms with Gasteiger partial charge in [0, 0.05) is 24.1 Å². The van der Waals surface area contributed by atoms with Crippen molar-refractivity contribution in [3.8, 4) is 5.75 Å². The van der Waals surface area contributed by atoms with Crippen LogP contribution >= 0.6 is 0 Å². The zero-order chi connectivity index (χ0) is 13.5. The Bertz CT molecular complexity index is 502. The average molecular weight is 257 g/mol. The first-order chi connectivity index (χ1) is 9.28. The summed E-state index contributed by atoms with van der Waals surface area (Å²) in [6.07, 6.45) is 4.71. The smallest absolute Gasteiger partial charge is 0.147 e. The van der Waals surface area contributed by atoms with Crippen molar-refractivity contribution in [1.82, 2.24) is 9.97 Å². The predicted octanol–water partition coefficient (Wildman–Crippen LogP) is 3.27. The minimum Gasteiger partial charge on any atom is -0.491 e. The topological polar surface area (TPSA) is 47.0 Å². The highest BCUT2D eigenvalue weighted by molar-refractivity contribution is 5.48. The molecule has 0 fully saturated rings. The molecule has 4 heteroatoms. The van der Waals surface area contributed by atoms with Crippen LogP contribution in [0.25, 0.3) is 0 Å². The second kappa shape index (κ2) is 6.73. The Morgan fingerprint density at radius 3 is 2.74 bits per heavy atom. The largest absolute Gasteiger partial charge is 0.491 e. The minimum atomic E-state index is 0.229. The van der Waals surface area contributed by atoms with Crippen molar-refractivity contribution >= 4 is 5.69 Å². The Hall–Kier alpha value is -2.10. The summed E-state index contributed by atoms with van der Waals surface area (Å²) in [4.78, 5) is 8.35. The Morgan fingerprint density at radius 1 is 1.21 bits per heavy atom. The van der Waals surface area contributed by atoms with Gasteiger partial charge in [0.05, 0.1) is 12.6 Å². The van der Waals surface area contributed by atoms with Crippen LogP contribution in [0.3, 0.4) is 0 Å². The molecule has 0 aliphatic rings. The van der Waals surface area contributed by atoms with E-state index in [4.69, 9.17) is 4.74 Å². The van der Waals surface area contributed by atoms with Crippen LogP contribution in [-0.2, 0) is 6.54 Å². The van der Waals surface area contributed by atoms with Gasteiger partial charge < -0.3 is 10.1 Å². The molecule has 0 saturated heterocycles. The highest BCUT2D eigenvalue weighted by Gasteiger charge is 2.02. The number of ether oxygens (including phenoxy) is 1. The van der Waals surface area contributed by atoms with Gasteiger partial charge in [-0.2, -0.15) is 0 Å². The van der Waals surface area contributed by atoms with E-state index >= 15 is 0 Å². The summed E-state index contributed by atoms with van der Waals surface area (Å²) in [5.41, 5.74) is 1.01. The average Bonchev–Trinajstić information content (AvgIpc) is 2.46. The number of hydrogen-bond donors (Lipinski definition) is 1. The van der Waals surface area contributed by atoms with E-state index < -0.39 is 0 Å². The van der Waals surface area contributed by atoms with Gasteiger partial charge in [-0.1, -0.05) is 13.0 Å². The molecule has 0 aliphatic carbocycles. The number of benzene rings is 1. The lowest BCUT2D eigenvalue weighted by Gasteiger charge is -2.13. The molecule has 1 unspecified atom stereocenters. The van der Waals surface area contributed by atoms with Gasteiger partial charge in [0.2, 0.25) is 0 Å². The normalized spacial score (nSPS) is 11.9. The van der Waals surface area contributed by atoms with E-state index in [-0.39, 0.29) is 6.10 Å². The van der Waals surface area contributed by atoms with Crippen LogP contribution in [0.1, 0.15) is 26.1 Å². The summed E-state index contributed by atoms with van der Waals surface area (Å²) < 4.78 is 5.78. The number of hydrogen-bond acceptors (Lipinski definition) is 4. The van der Waals surface area contributed by atoms with Crippen molar-refractivity contribution in [3.63, 3.8) is 0 Å². The molecule has 0 amide bonds. The van der Waals surface area contributed by atoms with Gasteiger partial charge >= 0.3 is 0 Å². The van der Waals surface area contributed by atoms with Crippen molar-refractivity contribution in [2.75, 3.05) is 5.32 Å². The zero-order valence-electron chi connectivity index (χ0n) is 11.3. The SMILES string of the molecule is CCC(C)Oc1cccc(NCc2ncccn2)c1. The number of nitrogens with zero attached hydrogens (tertiary/aromatic N) is 2. The molecule has 2 rings (SSSR count). The van der Waals surface area contributed by atoms with Crippen molar-refractivity contribution in [3.05, 3.63) is 48.5 Å². The molecule has 1 aromatic carbocycles. The Labute approximate surface area is 113 Å². The van der Waals surface area contributed by atoms with Gasteiger partial charge in [0.1, 0.15) is 11.6 Å². The fraction of sp³-hybridized carbons (Fsp3) is 0.333. The predicted molar refractivity (Wildman–Crippen MR) is 76.2 cm³/mol. The second-order valence-electron chi connectivity index (χ2n) is 4.38. The number of aromatic nitrogens is 2. The summed E-state index contributed by atoms with van der Waals surface area (Å²) in [6, 6.07) is 9.76. The maximum atomic E-state index is 5.78. The van der Waals surface area contributed by atoms with Gasteiger partial charge in [0.25, 0.3) is 0 Å². The zero-order valence-corrected chi connectivity index (χ0v) is 11.3. The van der Waals surface area contributed by atoms with E-state index in [1.807, 2.05) is 30.3 Å². The van der Waals surface area contributed by atoms with Crippen LogP contribution in [0.4, 0.5) is 5.69 Å². The standard InChI is InChI=1S/C15H19N3O/c1-3-12(2)19-14-7-4-6-13(10-14)18-11-15-16-8-5-9-17-15/h4-10,12,18H,3,11H2,1-2H3. The molecule has 1 aromatic heterocycles. The van der Waals surface area contributed by atoms with Crippen LogP contribution in [-0.4, -0.2) is 16.1 Å². The maximum absolute atomic E-state index is 5.78.